The van der Waals surface area contributed by atoms with Gasteiger partial charge in [0.05, 0.1) is 30.5 Å². The van der Waals surface area contributed by atoms with Gasteiger partial charge in [0.1, 0.15) is 5.76 Å². The van der Waals surface area contributed by atoms with E-state index in [2.05, 4.69) is 16.3 Å². The normalized spacial score (nSPS) is 17.8. The van der Waals surface area contributed by atoms with Gasteiger partial charge in [0.15, 0.2) is 0 Å². The number of likely N-dealkylation sites (tertiary alicyclic amines) is 1. The minimum absolute atomic E-state index is 0.0373. The van der Waals surface area contributed by atoms with Gasteiger partial charge >= 0.3 is 0 Å². The Balaban J connectivity index is 1.60. The number of amides is 1. The fourth-order valence-corrected chi connectivity index (χ4v) is 2.99. The average Bonchev–Trinajstić information content (AvgIpc) is 3.24. The summed E-state index contributed by atoms with van der Waals surface area (Å²) in [6.45, 7) is 2.00. The fourth-order valence-electron chi connectivity index (χ4n) is 2.99. The number of benzene rings is 1. The maximum atomic E-state index is 12.4. The number of nitriles is 1. The summed E-state index contributed by atoms with van der Waals surface area (Å²) in [5, 5.41) is 11.9. The number of carbonyl (C=O) groups excluding carboxylic acids is 1. The van der Waals surface area contributed by atoms with Crippen molar-refractivity contribution >= 4 is 5.91 Å². The first-order valence-electron chi connectivity index (χ1n) is 7.79. The number of carbonyl (C=O) groups is 1. The monoisotopic (exact) mass is 309 g/mol. The van der Waals surface area contributed by atoms with Gasteiger partial charge in [-0.05, 0) is 49.2 Å². The van der Waals surface area contributed by atoms with E-state index in [1.165, 1.54) is 0 Å². The van der Waals surface area contributed by atoms with E-state index in [4.69, 9.17) is 9.68 Å². The fraction of sp³-hybridized carbons (Fsp3) is 0.333. The highest BCUT2D eigenvalue weighted by Crippen LogP contribution is 2.21. The zero-order valence-electron chi connectivity index (χ0n) is 12.9. The Morgan fingerprint density at radius 3 is 3.09 bits per heavy atom. The highest BCUT2D eigenvalue weighted by molar-refractivity contribution is 5.81. The first-order valence-corrected chi connectivity index (χ1v) is 7.79. The third-order valence-electron chi connectivity index (χ3n) is 4.13. The summed E-state index contributed by atoms with van der Waals surface area (Å²) in [5.74, 6) is 0.792. The van der Waals surface area contributed by atoms with Crippen molar-refractivity contribution in [1.82, 2.24) is 10.2 Å². The number of furan rings is 1. The van der Waals surface area contributed by atoms with Crippen molar-refractivity contribution in [3.8, 4) is 6.07 Å². The van der Waals surface area contributed by atoms with Crippen LogP contribution in [0, 0.1) is 11.3 Å². The van der Waals surface area contributed by atoms with Crippen molar-refractivity contribution in [2.45, 2.75) is 32.0 Å². The van der Waals surface area contributed by atoms with E-state index >= 15 is 0 Å². The smallest absolute Gasteiger partial charge is 0.237 e. The van der Waals surface area contributed by atoms with Crippen molar-refractivity contribution < 1.29 is 9.21 Å². The third kappa shape index (κ3) is 3.79. The van der Waals surface area contributed by atoms with Gasteiger partial charge in [-0.3, -0.25) is 9.69 Å². The molecule has 1 aliphatic heterocycles. The molecule has 1 aromatic carbocycles. The van der Waals surface area contributed by atoms with Crippen LogP contribution in [0.3, 0.4) is 0 Å². The quantitative estimate of drug-likeness (QED) is 0.921. The molecule has 118 valence electrons. The van der Waals surface area contributed by atoms with Gasteiger partial charge in [-0.25, -0.2) is 0 Å². The molecule has 1 atom stereocenters. The van der Waals surface area contributed by atoms with Crippen LogP contribution >= 0.6 is 0 Å². The molecule has 2 heterocycles. The lowest BCUT2D eigenvalue weighted by atomic mass is 10.1. The van der Waals surface area contributed by atoms with E-state index in [1.54, 1.807) is 12.3 Å². The second kappa shape index (κ2) is 7.12. The molecule has 1 fully saturated rings. The summed E-state index contributed by atoms with van der Waals surface area (Å²) in [5.41, 5.74) is 1.72. The SMILES string of the molecule is N#Cc1cccc(CN2CCCC2C(=O)NCc2ccco2)c1. The second-order valence-corrected chi connectivity index (χ2v) is 5.74. The van der Waals surface area contributed by atoms with Gasteiger partial charge in [0.2, 0.25) is 5.91 Å². The lowest BCUT2D eigenvalue weighted by Gasteiger charge is -2.23. The zero-order valence-corrected chi connectivity index (χ0v) is 12.9. The van der Waals surface area contributed by atoms with Crippen LogP contribution < -0.4 is 5.32 Å². The standard InChI is InChI=1S/C18H19N3O2/c19-11-14-4-1-5-15(10-14)13-21-8-2-7-17(21)18(22)20-12-16-6-3-9-23-16/h1,3-6,9-10,17H,2,7-8,12-13H2,(H,20,22). The Morgan fingerprint density at radius 2 is 2.30 bits per heavy atom. The molecule has 5 nitrogen and oxygen atoms in total. The topological polar surface area (TPSA) is 69.3 Å². The first kappa shape index (κ1) is 15.3. The number of hydrogen-bond acceptors (Lipinski definition) is 4. The molecule has 1 N–H and O–H groups in total. The van der Waals surface area contributed by atoms with Crippen LogP contribution in [-0.4, -0.2) is 23.4 Å². The highest BCUT2D eigenvalue weighted by atomic mass is 16.3. The molecule has 1 unspecified atom stereocenters. The maximum Gasteiger partial charge on any atom is 0.237 e. The largest absolute Gasteiger partial charge is 0.467 e. The minimum atomic E-state index is -0.115. The lowest BCUT2D eigenvalue weighted by Crippen LogP contribution is -2.42. The Bertz CT molecular complexity index is 703. The molecule has 5 heteroatoms. The molecule has 23 heavy (non-hydrogen) atoms. The van der Waals surface area contributed by atoms with Crippen molar-refractivity contribution in [3.63, 3.8) is 0 Å². The Morgan fingerprint density at radius 1 is 1.39 bits per heavy atom. The zero-order chi connectivity index (χ0) is 16.1. The molecule has 1 saturated heterocycles. The molecule has 0 saturated carbocycles. The summed E-state index contributed by atoms with van der Waals surface area (Å²) < 4.78 is 5.24. The number of hydrogen-bond donors (Lipinski definition) is 1. The summed E-state index contributed by atoms with van der Waals surface area (Å²) >= 11 is 0. The van der Waals surface area contributed by atoms with Gasteiger partial charge in [-0.15, -0.1) is 0 Å². The summed E-state index contributed by atoms with van der Waals surface area (Å²) in [4.78, 5) is 14.6. The number of nitrogens with zero attached hydrogens (tertiary/aromatic N) is 2. The Labute approximate surface area is 135 Å². The molecule has 1 aliphatic rings. The highest BCUT2D eigenvalue weighted by Gasteiger charge is 2.30. The lowest BCUT2D eigenvalue weighted by molar-refractivity contribution is -0.125. The molecule has 0 aliphatic carbocycles. The minimum Gasteiger partial charge on any atom is -0.467 e. The van der Waals surface area contributed by atoms with E-state index in [1.807, 2.05) is 30.3 Å². The molecule has 1 amide bonds. The molecular formula is C18H19N3O2. The van der Waals surface area contributed by atoms with Crippen molar-refractivity contribution in [2.75, 3.05) is 6.54 Å². The first-order chi connectivity index (χ1) is 11.3. The predicted octanol–water partition coefficient (Wildman–Crippen LogP) is 2.43. The van der Waals surface area contributed by atoms with Crippen LogP contribution in [0.5, 0.6) is 0 Å². The van der Waals surface area contributed by atoms with Gasteiger partial charge in [-0.2, -0.15) is 5.26 Å². The van der Waals surface area contributed by atoms with Crippen LogP contribution in [0.2, 0.25) is 0 Å². The van der Waals surface area contributed by atoms with E-state index < -0.39 is 0 Å². The summed E-state index contributed by atoms with van der Waals surface area (Å²) in [7, 11) is 0. The average molecular weight is 309 g/mol. The number of rotatable bonds is 5. The third-order valence-corrected chi connectivity index (χ3v) is 4.13. The molecule has 0 radical (unpaired) electrons. The van der Waals surface area contributed by atoms with E-state index in [0.717, 1.165) is 30.7 Å². The van der Waals surface area contributed by atoms with Crippen molar-refractivity contribution in [3.05, 3.63) is 59.5 Å². The number of nitrogens with one attached hydrogen (secondary N) is 1. The molecule has 2 aromatic rings. The molecular weight excluding hydrogens is 290 g/mol. The van der Waals surface area contributed by atoms with Crippen molar-refractivity contribution in [2.24, 2.45) is 0 Å². The van der Waals surface area contributed by atoms with Gasteiger partial charge < -0.3 is 9.73 Å². The van der Waals surface area contributed by atoms with E-state index in [-0.39, 0.29) is 11.9 Å². The van der Waals surface area contributed by atoms with Crippen LogP contribution in [0.4, 0.5) is 0 Å². The maximum absolute atomic E-state index is 12.4. The van der Waals surface area contributed by atoms with E-state index in [9.17, 15) is 4.79 Å². The predicted molar refractivity (Wildman–Crippen MR) is 85.1 cm³/mol. The van der Waals surface area contributed by atoms with Gasteiger partial charge in [0, 0.05) is 6.54 Å². The molecule has 0 spiro atoms. The van der Waals surface area contributed by atoms with Crippen LogP contribution in [0.1, 0.15) is 29.7 Å². The Kier molecular flexibility index (Phi) is 4.74. The van der Waals surface area contributed by atoms with Crippen molar-refractivity contribution in [1.29, 1.82) is 5.26 Å². The summed E-state index contributed by atoms with van der Waals surface area (Å²) in [6.07, 6.45) is 3.48. The molecule has 1 aromatic heterocycles. The Hall–Kier alpha value is -2.58. The molecule has 0 bridgehead atoms. The van der Waals surface area contributed by atoms with Crippen LogP contribution in [0.25, 0.3) is 0 Å². The van der Waals surface area contributed by atoms with Gasteiger partial charge in [-0.1, -0.05) is 12.1 Å². The second-order valence-electron chi connectivity index (χ2n) is 5.74. The summed E-state index contributed by atoms with van der Waals surface area (Å²) in [6, 6.07) is 13.3. The molecule has 3 rings (SSSR count). The van der Waals surface area contributed by atoms with Crippen LogP contribution in [-0.2, 0) is 17.9 Å². The van der Waals surface area contributed by atoms with Gasteiger partial charge in [0.25, 0.3) is 0 Å². The van der Waals surface area contributed by atoms with E-state index in [0.29, 0.717) is 18.7 Å². The van der Waals surface area contributed by atoms with Crippen LogP contribution in [0.15, 0.2) is 47.1 Å².